The van der Waals surface area contributed by atoms with Crippen LogP contribution in [0.25, 0.3) is 10.9 Å². The van der Waals surface area contributed by atoms with Gasteiger partial charge in [-0.3, -0.25) is 9.52 Å². The Morgan fingerprint density at radius 1 is 1.05 bits per heavy atom. The number of alkyl halides is 2. The molecule has 2 aromatic carbocycles. The summed E-state index contributed by atoms with van der Waals surface area (Å²) >= 11 is 0. The molecule has 2 aliphatic heterocycles. The third-order valence-corrected chi connectivity index (χ3v) is 9.90. The zero-order valence-electron chi connectivity index (χ0n) is 21.7. The molecule has 3 heterocycles. The molecule has 0 bridgehead atoms. The van der Waals surface area contributed by atoms with Crippen LogP contribution >= 0.6 is 0 Å². The van der Waals surface area contributed by atoms with Crippen LogP contribution in [0.3, 0.4) is 0 Å². The molecule has 3 N–H and O–H groups in total. The number of nitrogens with one attached hydrogen (secondary N) is 2. The first-order valence-corrected chi connectivity index (χ1v) is 15.0. The van der Waals surface area contributed by atoms with E-state index in [1.54, 1.807) is 47.9 Å². The Morgan fingerprint density at radius 3 is 2.49 bits per heavy atom. The van der Waals surface area contributed by atoms with E-state index in [-0.39, 0.29) is 23.9 Å². The number of piperidine rings is 1. The van der Waals surface area contributed by atoms with Gasteiger partial charge < -0.3 is 19.9 Å². The van der Waals surface area contributed by atoms with Crippen molar-refractivity contribution in [2.45, 2.75) is 57.6 Å². The molecule has 1 unspecified atom stereocenters. The van der Waals surface area contributed by atoms with Gasteiger partial charge in [-0.1, -0.05) is 6.07 Å². The molecule has 1 spiro atoms. The quantitative estimate of drug-likeness (QED) is 0.390. The summed E-state index contributed by atoms with van der Waals surface area (Å²) in [6, 6.07) is 11.7. The lowest BCUT2D eigenvalue weighted by molar-refractivity contribution is -0.130. The molecule has 1 amide bonds. The second-order valence-electron chi connectivity index (χ2n) is 11.1. The van der Waals surface area contributed by atoms with Crippen molar-refractivity contribution in [3.8, 4) is 0 Å². The average Bonchev–Trinajstić information content (AvgIpc) is 3.54. The van der Waals surface area contributed by atoms with E-state index in [0.717, 1.165) is 25.9 Å². The van der Waals surface area contributed by atoms with Gasteiger partial charge in [0.25, 0.3) is 11.8 Å². The molecular formula is C28H32F2N4O4S. The van der Waals surface area contributed by atoms with E-state index in [1.807, 2.05) is 0 Å². The minimum Gasteiger partial charge on any atom is -0.381 e. The minimum absolute atomic E-state index is 0.0655. The van der Waals surface area contributed by atoms with Crippen LogP contribution in [0.1, 0.15) is 61.2 Å². The Morgan fingerprint density at radius 2 is 1.79 bits per heavy atom. The number of aliphatic hydroxyl groups excluding tert-OH is 1. The molecule has 11 heteroatoms. The van der Waals surface area contributed by atoms with E-state index >= 15 is 0 Å². The number of sulfonamides is 1. The van der Waals surface area contributed by atoms with Gasteiger partial charge >= 0.3 is 0 Å². The predicted molar refractivity (Wildman–Crippen MR) is 147 cm³/mol. The number of aromatic nitrogens is 1. The Hall–Kier alpha value is -3.18. The van der Waals surface area contributed by atoms with E-state index in [0.29, 0.717) is 38.9 Å². The highest BCUT2D eigenvalue weighted by molar-refractivity contribution is 7.92. The molecule has 1 saturated heterocycles. The maximum absolute atomic E-state index is 14.2. The molecule has 2 fully saturated rings. The fourth-order valence-electron chi connectivity index (χ4n) is 5.89. The first-order chi connectivity index (χ1) is 18.5. The molecule has 1 saturated carbocycles. The van der Waals surface area contributed by atoms with Gasteiger partial charge in [0.2, 0.25) is 10.0 Å². The van der Waals surface area contributed by atoms with E-state index in [1.165, 1.54) is 18.9 Å². The largest absolute Gasteiger partial charge is 0.381 e. The molecule has 3 aliphatic rings. The van der Waals surface area contributed by atoms with Crippen LogP contribution in [0.2, 0.25) is 0 Å². The normalized spacial score (nSPS) is 21.5. The van der Waals surface area contributed by atoms with Gasteiger partial charge in [-0.2, -0.15) is 0 Å². The van der Waals surface area contributed by atoms with Crippen molar-refractivity contribution in [2.75, 3.05) is 33.8 Å². The van der Waals surface area contributed by atoms with Crippen molar-refractivity contribution in [1.29, 1.82) is 0 Å². The van der Waals surface area contributed by atoms with Gasteiger partial charge in [-0.25, -0.2) is 17.2 Å². The third-order valence-electron chi connectivity index (χ3n) is 8.59. The molecular weight excluding hydrogens is 526 g/mol. The number of hydrogen-bond acceptors (Lipinski definition) is 5. The number of amides is 1. The standard InChI is InChI=1S/C28H32F2N4O4S/c1-2-39(37,38)32-18-6-7-19(23(16-18)33-13-10-27(8-9-27)11-14-33)26(36)31-21-4-3-5-22-20(21)17-24-25(35)28(29,30)12-15-34(22)24/h3-7,16-17,25,32,35H,2,8-15H2,1H3,(H,31,36). The van der Waals surface area contributed by atoms with Crippen molar-refractivity contribution in [2.24, 2.45) is 5.41 Å². The maximum Gasteiger partial charge on any atom is 0.280 e. The molecule has 3 aromatic rings. The number of carbonyl (C=O) groups excluding carboxylic acids is 1. The number of halogens is 2. The van der Waals surface area contributed by atoms with E-state index in [9.17, 15) is 27.1 Å². The number of rotatable bonds is 6. The van der Waals surface area contributed by atoms with Gasteiger partial charge in [-0.05, 0) is 74.4 Å². The topological polar surface area (TPSA) is 104 Å². The fourth-order valence-corrected chi connectivity index (χ4v) is 6.52. The van der Waals surface area contributed by atoms with E-state index < -0.39 is 28.5 Å². The summed E-state index contributed by atoms with van der Waals surface area (Å²) in [5, 5.41) is 13.8. The van der Waals surface area contributed by atoms with Gasteiger partial charge in [0.05, 0.1) is 39.6 Å². The predicted octanol–water partition coefficient (Wildman–Crippen LogP) is 5.11. The summed E-state index contributed by atoms with van der Waals surface area (Å²) in [6.07, 6.45) is 2.15. The molecule has 8 nitrogen and oxygen atoms in total. The number of fused-ring (bicyclic) bond motifs is 3. The van der Waals surface area contributed by atoms with Crippen LogP contribution in [0.5, 0.6) is 0 Å². The van der Waals surface area contributed by atoms with Gasteiger partial charge in [-0.15, -0.1) is 0 Å². The molecule has 1 aliphatic carbocycles. The Balaban J connectivity index is 1.34. The van der Waals surface area contributed by atoms with Crippen LogP contribution in [-0.2, 0) is 16.6 Å². The van der Waals surface area contributed by atoms with Crippen molar-refractivity contribution >= 4 is 43.9 Å². The van der Waals surface area contributed by atoms with Gasteiger partial charge in [0.1, 0.15) is 0 Å². The summed E-state index contributed by atoms with van der Waals surface area (Å²) in [5.41, 5.74) is 3.10. The Bertz CT molecular complexity index is 1550. The lowest BCUT2D eigenvalue weighted by Crippen LogP contribution is -2.35. The highest BCUT2D eigenvalue weighted by Gasteiger charge is 2.45. The van der Waals surface area contributed by atoms with Crippen molar-refractivity contribution in [3.63, 3.8) is 0 Å². The summed E-state index contributed by atoms with van der Waals surface area (Å²) < 4.78 is 57.1. The van der Waals surface area contributed by atoms with Crippen molar-refractivity contribution < 1.29 is 27.1 Å². The Kier molecular flexibility index (Phi) is 6.14. The molecule has 1 atom stereocenters. The van der Waals surface area contributed by atoms with Gasteiger partial charge in [0, 0.05) is 31.4 Å². The maximum atomic E-state index is 14.2. The Labute approximate surface area is 226 Å². The number of hydrogen-bond donors (Lipinski definition) is 3. The summed E-state index contributed by atoms with van der Waals surface area (Å²) in [6.45, 7) is 3.18. The highest BCUT2D eigenvalue weighted by Crippen LogP contribution is 2.54. The first-order valence-electron chi connectivity index (χ1n) is 13.4. The van der Waals surface area contributed by atoms with E-state index in [4.69, 9.17) is 0 Å². The monoisotopic (exact) mass is 558 g/mol. The molecule has 1 aromatic heterocycles. The smallest absolute Gasteiger partial charge is 0.280 e. The number of anilines is 3. The molecule has 6 rings (SSSR count). The zero-order valence-corrected chi connectivity index (χ0v) is 22.5. The number of aliphatic hydroxyl groups is 1. The lowest BCUT2D eigenvalue weighted by Gasteiger charge is -2.35. The van der Waals surface area contributed by atoms with Crippen LogP contribution in [0.4, 0.5) is 25.8 Å². The van der Waals surface area contributed by atoms with Crippen LogP contribution in [0.15, 0.2) is 42.5 Å². The minimum atomic E-state index is -3.49. The SMILES string of the molecule is CCS(=O)(=O)Nc1ccc(C(=O)Nc2cccc3c2cc2n3CCC(F)(F)C2O)c(N2CCC3(CC2)CC3)c1. The second-order valence-corrected chi connectivity index (χ2v) is 13.1. The van der Waals surface area contributed by atoms with Crippen molar-refractivity contribution in [3.05, 3.63) is 53.7 Å². The lowest BCUT2D eigenvalue weighted by atomic mass is 9.93. The van der Waals surface area contributed by atoms with Crippen molar-refractivity contribution in [1.82, 2.24) is 4.57 Å². The molecule has 39 heavy (non-hydrogen) atoms. The summed E-state index contributed by atoms with van der Waals surface area (Å²) in [5.74, 6) is -3.66. The number of aryl methyl sites for hydroxylation is 1. The average molecular weight is 559 g/mol. The summed E-state index contributed by atoms with van der Waals surface area (Å²) in [4.78, 5) is 15.8. The van der Waals surface area contributed by atoms with Crippen LogP contribution < -0.4 is 14.9 Å². The number of carbonyl (C=O) groups is 1. The van der Waals surface area contributed by atoms with Crippen LogP contribution in [0, 0.1) is 5.41 Å². The fraction of sp³-hybridized carbons (Fsp3) is 0.464. The molecule has 0 radical (unpaired) electrons. The van der Waals surface area contributed by atoms with Crippen LogP contribution in [-0.4, -0.2) is 48.8 Å². The summed E-state index contributed by atoms with van der Waals surface area (Å²) in [7, 11) is -3.49. The van der Waals surface area contributed by atoms with Gasteiger partial charge in [0.15, 0.2) is 6.10 Å². The third kappa shape index (κ3) is 4.75. The second kappa shape index (κ2) is 9.19. The highest BCUT2D eigenvalue weighted by atomic mass is 32.2. The number of nitrogens with zero attached hydrogens (tertiary/aromatic N) is 2. The molecule has 208 valence electrons. The van der Waals surface area contributed by atoms with E-state index in [2.05, 4.69) is 14.9 Å². The number of benzene rings is 2. The zero-order chi connectivity index (χ0) is 27.6. The first kappa shape index (κ1) is 26.1.